The molecule has 1 rings (SSSR count). The average molecular weight is 303 g/mol. The number of carboxylic acid groups (broad SMARTS) is 1. The Morgan fingerprint density at radius 2 is 1.63 bits per heavy atom. The number of Topliss-reactive ketones (excluding diaryl/α,β-unsaturated/α-hetero) is 1. The first-order valence-electron chi connectivity index (χ1n) is 6.20. The van der Waals surface area contributed by atoms with Crippen LogP contribution in [-0.2, 0) is 4.79 Å². The molecule has 0 bridgehead atoms. The number of benzene rings is 1. The van der Waals surface area contributed by atoms with Crippen LogP contribution in [0.15, 0.2) is 18.2 Å². The predicted octanol–water partition coefficient (Wildman–Crippen LogP) is 4.60. The molecule has 0 aromatic heterocycles. The van der Waals surface area contributed by atoms with E-state index in [0.29, 0.717) is 28.5 Å². The molecule has 0 radical (unpaired) electrons. The zero-order valence-corrected chi connectivity index (χ0v) is 12.0. The van der Waals surface area contributed by atoms with E-state index in [9.17, 15) is 9.59 Å². The monoisotopic (exact) mass is 302 g/mol. The van der Waals surface area contributed by atoms with E-state index in [1.807, 2.05) is 0 Å². The minimum Gasteiger partial charge on any atom is -0.481 e. The van der Waals surface area contributed by atoms with Gasteiger partial charge in [0.25, 0.3) is 0 Å². The quantitative estimate of drug-likeness (QED) is 0.564. The van der Waals surface area contributed by atoms with Gasteiger partial charge in [-0.05, 0) is 31.0 Å². The van der Waals surface area contributed by atoms with Gasteiger partial charge in [0.1, 0.15) is 0 Å². The molecule has 1 N–H and O–H groups in total. The predicted molar refractivity (Wildman–Crippen MR) is 76.1 cm³/mol. The Kier molecular flexibility index (Phi) is 6.89. The van der Waals surface area contributed by atoms with Crippen molar-refractivity contribution in [2.24, 2.45) is 0 Å². The normalized spacial score (nSPS) is 10.4. The lowest BCUT2D eigenvalue weighted by molar-refractivity contribution is -0.137. The van der Waals surface area contributed by atoms with Crippen LogP contribution >= 0.6 is 23.2 Å². The first-order chi connectivity index (χ1) is 9.00. The molecule has 0 aliphatic carbocycles. The summed E-state index contributed by atoms with van der Waals surface area (Å²) in [5, 5.41) is 9.39. The van der Waals surface area contributed by atoms with Gasteiger partial charge in [0.15, 0.2) is 5.78 Å². The Hall–Kier alpha value is -1.06. The highest BCUT2D eigenvalue weighted by atomic mass is 35.5. The largest absolute Gasteiger partial charge is 0.481 e. The highest BCUT2D eigenvalue weighted by molar-refractivity contribution is 6.35. The third-order valence-electron chi connectivity index (χ3n) is 2.77. The van der Waals surface area contributed by atoms with Gasteiger partial charge in [-0.2, -0.15) is 0 Å². The summed E-state index contributed by atoms with van der Waals surface area (Å²) in [5.74, 6) is -0.799. The van der Waals surface area contributed by atoms with Crippen molar-refractivity contribution in [1.29, 1.82) is 0 Å². The van der Waals surface area contributed by atoms with E-state index in [1.165, 1.54) is 0 Å². The van der Waals surface area contributed by atoms with E-state index in [0.717, 1.165) is 19.3 Å². The Balaban J connectivity index is 2.31. The summed E-state index contributed by atoms with van der Waals surface area (Å²) in [6, 6.07) is 4.84. The fourth-order valence-corrected chi connectivity index (χ4v) is 2.16. The second-order valence-electron chi connectivity index (χ2n) is 4.36. The first-order valence-corrected chi connectivity index (χ1v) is 6.96. The number of carbonyl (C=O) groups is 2. The van der Waals surface area contributed by atoms with Crippen LogP contribution in [0.5, 0.6) is 0 Å². The molecular weight excluding hydrogens is 287 g/mol. The Morgan fingerprint density at radius 1 is 1.00 bits per heavy atom. The van der Waals surface area contributed by atoms with Crippen LogP contribution < -0.4 is 0 Å². The Bertz CT molecular complexity index is 458. The molecule has 19 heavy (non-hydrogen) atoms. The van der Waals surface area contributed by atoms with Gasteiger partial charge >= 0.3 is 5.97 Å². The number of carbonyl (C=O) groups excluding carboxylic acids is 1. The summed E-state index contributed by atoms with van der Waals surface area (Å²) in [6.07, 6.45) is 3.66. The van der Waals surface area contributed by atoms with Gasteiger partial charge in [-0.3, -0.25) is 9.59 Å². The fraction of sp³-hybridized carbons (Fsp3) is 0.429. The molecule has 0 fully saturated rings. The molecule has 1 aromatic rings. The topological polar surface area (TPSA) is 54.4 Å². The highest BCUT2D eigenvalue weighted by Gasteiger charge is 2.10. The van der Waals surface area contributed by atoms with Crippen LogP contribution in [0.1, 0.15) is 48.9 Å². The minimum atomic E-state index is -0.776. The number of hydrogen-bond acceptors (Lipinski definition) is 2. The number of rotatable bonds is 8. The molecular formula is C14H16Cl2O3. The SMILES string of the molecule is O=C(O)CCCCCCC(=O)c1cc(Cl)ccc1Cl. The lowest BCUT2D eigenvalue weighted by Crippen LogP contribution is -2.00. The van der Waals surface area contributed by atoms with Crippen molar-refractivity contribution in [3.63, 3.8) is 0 Å². The second kappa shape index (κ2) is 8.18. The average Bonchev–Trinajstić information content (AvgIpc) is 2.36. The zero-order valence-electron chi connectivity index (χ0n) is 10.5. The summed E-state index contributed by atoms with van der Waals surface area (Å²) in [5.41, 5.74) is 0.458. The standard InChI is InChI=1S/C14H16Cl2O3/c15-10-7-8-12(16)11(9-10)13(17)5-3-1-2-4-6-14(18)19/h7-9H,1-6H2,(H,18,19). The molecule has 0 atom stereocenters. The number of aliphatic carboxylic acids is 1. The van der Waals surface area contributed by atoms with E-state index < -0.39 is 5.97 Å². The molecule has 5 heteroatoms. The number of halogens is 2. The van der Waals surface area contributed by atoms with E-state index in [1.54, 1.807) is 18.2 Å². The highest BCUT2D eigenvalue weighted by Crippen LogP contribution is 2.22. The lowest BCUT2D eigenvalue weighted by Gasteiger charge is -2.04. The van der Waals surface area contributed by atoms with Gasteiger partial charge in [-0.15, -0.1) is 0 Å². The third-order valence-corrected chi connectivity index (χ3v) is 3.34. The molecule has 0 amide bonds. The molecule has 3 nitrogen and oxygen atoms in total. The minimum absolute atomic E-state index is 0.0225. The van der Waals surface area contributed by atoms with E-state index >= 15 is 0 Å². The maximum atomic E-state index is 11.9. The van der Waals surface area contributed by atoms with Gasteiger partial charge in [-0.25, -0.2) is 0 Å². The lowest BCUT2D eigenvalue weighted by atomic mass is 10.0. The van der Waals surface area contributed by atoms with Gasteiger partial charge < -0.3 is 5.11 Å². The molecule has 1 aromatic carbocycles. The molecule has 0 heterocycles. The van der Waals surface area contributed by atoms with Crippen LogP contribution in [0.25, 0.3) is 0 Å². The van der Waals surface area contributed by atoms with Crippen molar-refractivity contribution in [3.05, 3.63) is 33.8 Å². The number of ketones is 1. The van der Waals surface area contributed by atoms with Crippen molar-refractivity contribution >= 4 is 35.0 Å². The smallest absolute Gasteiger partial charge is 0.303 e. The maximum Gasteiger partial charge on any atom is 0.303 e. The first kappa shape index (κ1) is 16.0. The summed E-state index contributed by atoms with van der Waals surface area (Å²) in [6.45, 7) is 0. The summed E-state index contributed by atoms with van der Waals surface area (Å²) < 4.78 is 0. The number of carboxylic acids is 1. The van der Waals surface area contributed by atoms with Crippen LogP contribution in [0.2, 0.25) is 10.0 Å². The maximum absolute atomic E-state index is 11.9. The zero-order chi connectivity index (χ0) is 14.3. The molecule has 0 saturated heterocycles. The van der Waals surface area contributed by atoms with Crippen LogP contribution in [0, 0.1) is 0 Å². The van der Waals surface area contributed by atoms with Crippen molar-refractivity contribution in [2.75, 3.05) is 0 Å². The van der Waals surface area contributed by atoms with Crippen molar-refractivity contribution < 1.29 is 14.7 Å². The number of hydrogen-bond donors (Lipinski definition) is 1. The van der Waals surface area contributed by atoms with Crippen molar-refractivity contribution in [1.82, 2.24) is 0 Å². The van der Waals surface area contributed by atoms with E-state index in [2.05, 4.69) is 0 Å². The van der Waals surface area contributed by atoms with Crippen LogP contribution in [0.3, 0.4) is 0 Å². The third kappa shape index (κ3) is 6.08. The van der Waals surface area contributed by atoms with Gasteiger partial charge in [-0.1, -0.05) is 36.0 Å². The van der Waals surface area contributed by atoms with Gasteiger partial charge in [0.2, 0.25) is 0 Å². The van der Waals surface area contributed by atoms with Crippen LogP contribution in [-0.4, -0.2) is 16.9 Å². The van der Waals surface area contributed by atoms with Crippen LogP contribution in [0.4, 0.5) is 0 Å². The molecule has 0 unspecified atom stereocenters. The number of unbranched alkanes of at least 4 members (excludes halogenated alkanes) is 3. The summed E-state index contributed by atoms with van der Waals surface area (Å²) in [4.78, 5) is 22.2. The van der Waals surface area contributed by atoms with Crippen molar-refractivity contribution in [3.8, 4) is 0 Å². The van der Waals surface area contributed by atoms with E-state index in [-0.39, 0.29) is 12.2 Å². The Labute approximate surface area is 122 Å². The van der Waals surface area contributed by atoms with Crippen molar-refractivity contribution in [2.45, 2.75) is 38.5 Å². The Morgan fingerprint density at radius 3 is 2.26 bits per heavy atom. The van der Waals surface area contributed by atoms with Gasteiger partial charge in [0.05, 0.1) is 5.02 Å². The fourth-order valence-electron chi connectivity index (χ4n) is 1.76. The molecule has 0 aliphatic rings. The summed E-state index contributed by atoms with van der Waals surface area (Å²) in [7, 11) is 0. The molecule has 0 saturated carbocycles. The molecule has 0 aliphatic heterocycles. The summed E-state index contributed by atoms with van der Waals surface area (Å²) >= 11 is 11.8. The van der Waals surface area contributed by atoms with E-state index in [4.69, 9.17) is 28.3 Å². The molecule has 104 valence electrons. The second-order valence-corrected chi connectivity index (χ2v) is 5.20. The van der Waals surface area contributed by atoms with Gasteiger partial charge in [0, 0.05) is 23.4 Å². The molecule has 0 spiro atoms.